The predicted octanol–water partition coefficient (Wildman–Crippen LogP) is 4.28. The molecular formula is C16H17F2N3. The van der Waals surface area contributed by atoms with Crippen LogP contribution < -0.4 is 0 Å². The summed E-state index contributed by atoms with van der Waals surface area (Å²) in [5, 5.41) is 8.82. The van der Waals surface area contributed by atoms with E-state index in [0.29, 0.717) is 29.9 Å². The lowest BCUT2D eigenvalue weighted by molar-refractivity contribution is 0.417. The van der Waals surface area contributed by atoms with Crippen molar-refractivity contribution in [1.82, 2.24) is 9.55 Å². The minimum absolute atomic E-state index is 0.330. The smallest absolute Gasteiger partial charge is 0.161 e. The van der Waals surface area contributed by atoms with E-state index in [2.05, 4.69) is 11.1 Å². The summed E-state index contributed by atoms with van der Waals surface area (Å²) in [7, 11) is 0. The molecule has 0 bridgehead atoms. The maximum absolute atomic E-state index is 13.5. The van der Waals surface area contributed by atoms with Crippen molar-refractivity contribution in [2.75, 3.05) is 0 Å². The summed E-state index contributed by atoms with van der Waals surface area (Å²) in [6.07, 6.45) is 6.01. The first-order valence-electron chi connectivity index (χ1n) is 7.43. The number of halogens is 2. The molecule has 0 aliphatic heterocycles. The molecule has 1 saturated carbocycles. The third kappa shape index (κ3) is 2.63. The molecule has 1 heterocycles. The molecule has 0 unspecified atom stereocenters. The molecule has 1 aromatic heterocycles. The highest BCUT2D eigenvalue weighted by atomic mass is 19.2. The summed E-state index contributed by atoms with van der Waals surface area (Å²) in [6.45, 7) is 0.476. The van der Waals surface area contributed by atoms with Crippen molar-refractivity contribution in [3.63, 3.8) is 0 Å². The first kappa shape index (κ1) is 14.0. The topological polar surface area (TPSA) is 41.6 Å². The lowest BCUT2D eigenvalue weighted by atomic mass is 9.88. The molecule has 1 aromatic carbocycles. The van der Waals surface area contributed by atoms with Crippen LogP contribution in [0.2, 0.25) is 0 Å². The fraction of sp³-hybridized carbons (Fsp3) is 0.500. The van der Waals surface area contributed by atoms with Gasteiger partial charge in [-0.05, 0) is 12.8 Å². The predicted molar refractivity (Wildman–Crippen MR) is 75.7 cm³/mol. The van der Waals surface area contributed by atoms with Gasteiger partial charge < -0.3 is 4.57 Å². The van der Waals surface area contributed by atoms with Crippen LogP contribution in [0.3, 0.4) is 0 Å². The summed E-state index contributed by atoms with van der Waals surface area (Å²) in [6, 6.07) is 4.46. The van der Waals surface area contributed by atoms with E-state index in [-0.39, 0.29) is 0 Å². The van der Waals surface area contributed by atoms with E-state index in [4.69, 9.17) is 5.26 Å². The van der Waals surface area contributed by atoms with Crippen LogP contribution in [0.15, 0.2) is 12.1 Å². The van der Waals surface area contributed by atoms with Crippen molar-refractivity contribution >= 4 is 11.0 Å². The third-order valence-electron chi connectivity index (χ3n) is 4.24. The summed E-state index contributed by atoms with van der Waals surface area (Å²) in [4.78, 5) is 4.54. The van der Waals surface area contributed by atoms with Crippen molar-refractivity contribution in [2.24, 2.45) is 0 Å². The molecule has 0 amide bonds. The summed E-state index contributed by atoms with van der Waals surface area (Å²) >= 11 is 0. The summed E-state index contributed by atoms with van der Waals surface area (Å²) < 4.78 is 28.8. The van der Waals surface area contributed by atoms with E-state index in [0.717, 1.165) is 37.6 Å². The Bertz CT molecular complexity index is 694. The van der Waals surface area contributed by atoms with Crippen LogP contribution in [-0.4, -0.2) is 9.55 Å². The lowest BCUT2D eigenvalue weighted by Crippen LogP contribution is -2.12. The molecule has 0 atom stereocenters. The van der Waals surface area contributed by atoms with Gasteiger partial charge in [-0.2, -0.15) is 5.26 Å². The number of aryl methyl sites for hydroxylation is 1. The normalized spacial score (nSPS) is 16.2. The molecule has 5 heteroatoms. The Balaban J connectivity index is 2.10. The Hall–Kier alpha value is -1.96. The van der Waals surface area contributed by atoms with Gasteiger partial charge in [-0.3, -0.25) is 0 Å². The van der Waals surface area contributed by atoms with Crippen LogP contribution >= 0.6 is 0 Å². The number of aromatic nitrogens is 2. The Labute approximate surface area is 122 Å². The monoisotopic (exact) mass is 289 g/mol. The van der Waals surface area contributed by atoms with Gasteiger partial charge in [-0.1, -0.05) is 19.3 Å². The van der Waals surface area contributed by atoms with E-state index in [1.807, 2.05) is 4.57 Å². The molecule has 1 aliphatic rings. The molecule has 110 valence electrons. The number of benzene rings is 1. The lowest BCUT2D eigenvalue weighted by Gasteiger charge is -2.22. The highest BCUT2D eigenvalue weighted by Crippen LogP contribution is 2.34. The van der Waals surface area contributed by atoms with Gasteiger partial charge in [0.1, 0.15) is 5.82 Å². The van der Waals surface area contributed by atoms with Crippen LogP contribution in [0.5, 0.6) is 0 Å². The molecule has 21 heavy (non-hydrogen) atoms. The van der Waals surface area contributed by atoms with Gasteiger partial charge in [0.15, 0.2) is 11.6 Å². The van der Waals surface area contributed by atoms with E-state index < -0.39 is 11.6 Å². The van der Waals surface area contributed by atoms with Crippen molar-refractivity contribution in [3.8, 4) is 6.07 Å². The van der Waals surface area contributed by atoms with Crippen LogP contribution in [0, 0.1) is 23.0 Å². The van der Waals surface area contributed by atoms with Gasteiger partial charge in [-0.15, -0.1) is 0 Å². The fourth-order valence-electron chi connectivity index (χ4n) is 3.21. The summed E-state index contributed by atoms with van der Waals surface area (Å²) in [5.41, 5.74) is 1.07. The Morgan fingerprint density at radius 2 is 1.90 bits per heavy atom. The molecule has 0 saturated heterocycles. The van der Waals surface area contributed by atoms with Gasteiger partial charge in [0, 0.05) is 24.6 Å². The molecule has 1 fully saturated rings. The Morgan fingerprint density at radius 3 is 2.62 bits per heavy atom. The number of imidazole rings is 1. The Morgan fingerprint density at radius 1 is 1.19 bits per heavy atom. The van der Waals surface area contributed by atoms with Crippen LogP contribution in [0.4, 0.5) is 8.78 Å². The molecule has 3 nitrogen and oxygen atoms in total. The molecule has 1 aliphatic carbocycles. The van der Waals surface area contributed by atoms with Crippen molar-refractivity contribution < 1.29 is 8.78 Å². The zero-order chi connectivity index (χ0) is 14.8. The van der Waals surface area contributed by atoms with Gasteiger partial charge >= 0.3 is 0 Å². The zero-order valence-electron chi connectivity index (χ0n) is 11.8. The van der Waals surface area contributed by atoms with Gasteiger partial charge in [0.2, 0.25) is 0 Å². The van der Waals surface area contributed by atoms with Crippen LogP contribution in [-0.2, 0) is 6.54 Å². The zero-order valence-corrected chi connectivity index (χ0v) is 11.8. The highest BCUT2D eigenvalue weighted by molar-refractivity contribution is 5.76. The fourth-order valence-corrected chi connectivity index (χ4v) is 3.21. The van der Waals surface area contributed by atoms with Gasteiger partial charge in [0.25, 0.3) is 0 Å². The highest BCUT2D eigenvalue weighted by Gasteiger charge is 2.23. The number of rotatable bonds is 3. The first-order chi connectivity index (χ1) is 10.2. The third-order valence-corrected chi connectivity index (χ3v) is 4.24. The molecule has 0 spiro atoms. The molecule has 0 N–H and O–H groups in total. The van der Waals surface area contributed by atoms with Crippen molar-refractivity contribution in [1.29, 1.82) is 5.26 Å². The largest absolute Gasteiger partial charge is 0.327 e. The van der Waals surface area contributed by atoms with E-state index in [1.54, 1.807) is 0 Å². The second-order valence-electron chi connectivity index (χ2n) is 5.62. The first-order valence-corrected chi connectivity index (χ1v) is 7.43. The van der Waals surface area contributed by atoms with E-state index in [1.165, 1.54) is 12.5 Å². The quantitative estimate of drug-likeness (QED) is 0.846. The minimum Gasteiger partial charge on any atom is -0.327 e. The Kier molecular flexibility index (Phi) is 3.87. The van der Waals surface area contributed by atoms with Crippen LogP contribution in [0.25, 0.3) is 11.0 Å². The maximum Gasteiger partial charge on any atom is 0.161 e. The number of nitriles is 1. The van der Waals surface area contributed by atoms with Crippen molar-refractivity contribution in [2.45, 2.75) is 51.0 Å². The van der Waals surface area contributed by atoms with Crippen molar-refractivity contribution in [3.05, 3.63) is 29.6 Å². The second-order valence-corrected chi connectivity index (χ2v) is 5.62. The molecule has 0 radical (unpaired) electrons. The number of fused-ring (bicyclic) bond motifs is 1. The van der Waals surface area contributed by atoms with Gasteiger partial charge in [0.05, 0.1) is 23.5 Å². The average molecular weight is 289 g/mol. The molecular weight excluding hydrogens is 272 g/mol. The van der Waals surface area contributed by atoms with E-state index >= 15 is 0 Å². The minimum atomic E-state index is -0.873. The maximum atomic E-state index is 13.5. The average Bonchev–Trinajstić information content (AvgIpc) is 2.84. The second kappa shape index (κ2) is 5.80. The standard InChI is InChI=1S/C16H17F2N3/c17-12-9-14-15(10-13(12)18)21(8-4-7-19)16(20-14)11-5-2-1-3-6-11/h9-11H,1-6,8H2. The number of hydrogen-bond donors (Lipinski definition) is 0. The SMILES string of the molecule is N#CCCn1c(C2CCCCC2)nc2cc(F)c(F)cc21. The van der Waals surface area contributed by atoms with E-state index in [9.17, 15) is 8.78 Å². The van der Waals surface area contributed by atoms with Gasteiger partial charge in [-0.25, -0.2) is 13.8 Å². The van der Waals surface area contributed by atoms with Crippen LogP contribution in [0.1, 0.15) is 50.3 Å². The number of hydrogen-bond acceptors (Lipinski definition) is 2. The molecule has 2 aromatic rings. The number of nitrogens with zero attached hydrogens (tertiary/aromatic N) is 3. The molecule has 3 rings (SSSR count). The summed E-state index contributed by atoms with van der Waals surface area (Å²) in [5.74, 6) is -0.528.